The molecule has 4 atom stereocenters. The van der Waals surface area contributed by atoms with Gasteiger partial charge in [-0.25, -0.2) is 0 Å². The molecule has 0 amide bonds. The number of hydrogen-bond acceptors (Lipinski definition) is 8. The quantitative estimate of drug-likeness (QED) is 0.0865. The number of carbonyl (C=O) groups is 1. The minimum absolute atomic E-state index is 0. The maximum Gasteiger partial charge on any atom is 1.00 e. The SMILES string of the molecule is C#CC[C@@H](C)O[Si](C)(C)C(C)(C)C.CCO.CC[B]F.C[C@@H](O)CC#C[Si](C)(C)C.C[C@@H]1CO1.C[C@H](CC#C[Si](C)(C)C)O[Si](C)(C)C(C)(C)C.FF.O=CO[O-].[H-].[K+].[K+]. The molecule has 1 aliphatic heterocycles. The number of hydrogen-bond donors (Lipinski definition) is 2. The van der Waals surface area contributed by atoms with Gasteiger partial charge in [0.1, 0.15) is 16.1 Å². The van der Waals surface area contributed by atoms with Crippen molar-refractivity contribution in [2.75, 3.05) is 13.2 Å². The summed E-state index contributed by atoms with van der Waals surface area (Å²) in [6, 6.07) is 0. The first-order valence-corrected chi connectivity index (χ1v) is 32.4. The Morgan fingerprint density at radius 1 is 0.831 bits per heavy atom. The number of aliphatic hydroxyl groups is 2. The fourth-order valence-electron chi connectivity index (χ4n) is 2.63. The van der Waals surface area contributed by atoms with Gasteiger partial charge in [0.2, 0.25) is 0 Å². The molecule has 59 heavy (non-hydrogen) atoms. The first-order chi connectivity index (χ1) is 25.6. The van der Waals surface area contributed by atoms with E-state index in [1.165, 1.54) is 0 Å². The van der Waals surface area contributed by atoms with Gasteiger partial charge in [0, 0.05) is 35.0 Å². The van der Waals surface area contributed by atoms with Crippen molar-refractivity contribution >= 4 is 46.8 Å². The number of rotatable bonds is 9. The number of aliphatic hydroxyl groups excluding tert-OH is 2. The van der Waals surface area contributed by atoms with Crippen molar-refractivity contribution in [1.82, 2.24) is 0 Å². The van der Waals surface area contributed by atoms with Gasteiger partial charge in [-0.2, -0.15) is 0 Å². The zero-order valence-electron chi connectivity index (χ0n) is 43.3. The molecule has 1 fully saturated rings. The minimum atomic E-state index is -1.62. The summed E-state index contributed by atoms with van der Waals surface area (Å²) in [4.78, 5) is 11.2. The second-order valence-corrected chi connectivity index (χ2v) is 37.4. The Morgan fingerprint density at radius 3 is 1.25 bits per heavy atom. The van der Waals surface area contributed by atoms with Gasteiger partial charge >= 0.3 is 110 Å². The summed E-state index contributed by atoms with van der Waals surface area (Å²) in [6.45, 7) is 48.6. The van der Waals surface area contributed by atoms with Crippen LogP contribution in [0.3, 0.4) is 0 Å². The molecule has 2 N–H and O–H groups in total. The van der Waals surface area contributed by atoms with Crippen LogP contribution in [0, 0.1) is 35.3 Å². The molecule has 0 aromatic carbocycles. The van der Waals surface area contributed by atoms with Crippen LogP contribution in [0.1, 0.15) is 104 Å². The summed E-state index contributed by atoms with van der Waals surface area (Å²) < 4.78 is 43.6. The van der Waals surface area contributed by atoms with E-state index in [2.05, 4.69) is 162 Å². The number of epoxide rings is 1. The molecular weight excluding hydrogens is 879 g/mol. The minimum Gasteiger partial charge on any atom is -1.00 e. The van der Waals surface area contributed by atoms with Gasteiger partial charge in [-0.05, 0) is 77.2 Å². The van der Waals surface area contributed by atoms with Gasteiger partial charge in [-0.1, -0.05) is 87.7 Å². The van der Waals surface area contributed by atoms with Gasteiger partial charge < -0.3 is 39.7 Å². The van der Waals surface area contributed by atoms with Crippen LogP contribution in [0.25, 0.3) is 0 Å². The van der Waals surface area contributed by atoms with Gasteiger partial charge in [0.05, 0.1) is 31.0 Å². The average molecular weight is 966 g/mol. The number of carbonyl (C=O) groups excluding carboxylic acids is 1. The third-order valence-electron chi connectivity index (χ3n) is 7.42. The molecule has 0 aromatic heterocycles. The molecule has 1 rings (SSSR count). The molecule has 1 saturated heterocycles. The molecule has 1 radical (unpaired) electrons. The number of ether oxygens (including phenoxy) is 1. The van der Waals surface area contributed by atoms with Gasteiger partial charge in [-0.15, -0.1) is 35.3 Å². The van der Waals surface area contributed by atoms with Crippen LogP contribution in [0.15, 0.2) is 0 Å². The van der Waals surface area contributed by atoms with Crippen molar-refractivity contribution in [1.29, 1.82) is 0 Å². The summed E-state index contributed by atoms with van der Waals surface area (Å²) in [6.07, 6.45) is 8.75. The van der Waals surface area contributed by atoms with Crippen molar-refractivity contribution in [2.45, 2.75) is 209 Å². The maximum atomic E-state index is 10.6. The predicted molar refractivity (Wildman–Crippen MR) is 248 cm³/mol. The standard InChI is InChI=1S/C14H30OSi2.C11H22OSi.C8H16OSi.C3H6O.C2H5BF.C2H6O.CH2O3.F2.2K.H/c1-13(11-10-12-16(5,6)7)15-17(8,9)14(2,3)4;1-8-9-10(2)12-13(6,7)11(3,4)5;1-8(9)6-5-7-10(2,3)4;1-3-2-4-3;1-2-3-4;1-2-3;2-1-4-3;1-2;;;/h13H,11H2,1-9H3;1,10H,9H2,2-7H3;8-9H,6H2,1-4H3;3H,2H2,1H3;2H2,1H3;3H,2H2,1H3;1,3H;;;;/q;;;;;;;;2*+1;-1/p-1/t13-;10-;8-;3-;;;;;;;/m1111......./s1. The predicted octanol–water partition coefficient (Wildman–Crippen LogP) is 4.54. The van der Waals surface area contributed by atoms with Gasteiger partial charge in [0.25, 0.3) is 6.47 Å². The molecule has 0 unspecified atom stereocenters. The summed E-state index contributed by atoms with van der Waals surface area (Å²) in [5.74, 6) is 8.93. The summed E-state index contributed by atoms with van der Waals surface area (Å²) >= 11 is 0. The van der Waals surface area contributed by atoms with Crippen LogP contribution in [0.2, 0.25) is 81.9 Å². The average Bonchev–Trinajstić information content (AvgIpc) is 3.82. The van der Waals surface area contributed by atoms with Crippen LogP contribution >= 0.6 is 0 Å². The topological polar surface area (TPSA) is 121 Å². The Bertz CT molecular complexity index is 1110. The third-order valence-corrected chi connectivity index (χ3v) is 18.5. The smallest absolute Gasteiger partial charge is 1.00 e. The normalized spacial score (nSPS) is 13.9. The monoisotopic (exact) mass is 965 g/mol. The molecule has 0 aliphatic carbocycles. The Labute approximate surface area is 454 Å². The van der Waals surface area contributed by atoms with Crippen LogP contribution in [-0.2, 0) is 23.3 Å². The van der Waals surface area contributed by atoms with E-state index in [-0.39, 0.29) is 146 Å². The van der Waals surface area contributed by atoms with Crippen LogP contribution in [0.4, 0.5) is 13.5 Å². The second-order valence-electron chi connectivity index (χ2n) is 18.4. The van der Waals surface area contributed by atoms with Gasteiger partial charge in [-0.3, -0.25) is 4.79 Å². The van der Waals surface area contributed by atoms with E-state index >= 15 is 0 Å². The molecule has 0 spiro atoms. The molecule has 0 saturated carbocycles. The summed E-state index contributed by atoms with van der Waals surface area (Å²) in [5.41, 5.74) is 6.58. The molecule has 1 heterocycles. The maximum absolute atomic E-state index is 10.6. The zero-order valence-corrected chi connectivity index (χ0v) is 52.5. The summed E-state index contributed by atoms with van der Waals surface area (Å²) in [5, 5.41) is 25.4. The molecular formula is C41H87BF3K2O8Si4. The fraction of sp³-hybridized carbons (Fsp3) is 0.829. The van der Waals surface area contributed by atoms with E-state index in [0.717, 1.165) is 13.0 Å². The van der Waals surface area contributed by atoms with E-state index < -0.39 is 32.8 Å². The second kappa shape index (κ2) is 46.4. The zero-order chi connectivity index (χ0) is 47.3. The van der Waals surface area contributed by atoms with E-state index in [1.807, 2.05) is 0 Å². The fourth-order valence-corrected chi connectivity index (χ4v) is 6.78. The van der Waals surface area contributed by atoms with E-state index in [9.17, 15) is 4.32 Å². The van der Waals surface area contributed by atoms with Crippen molar-refractivity contribution in [3.05, 3.63) is 0 Å². The molecule has 341 valence electrons. The Kier molecular flexibility index (Phi) is 63.9. The Balaban J connectivity index is -0.0000000649. The van der Waals surface area contributed by atoms with Crippen molar-refractivity contribution in [2.24, 2.45) is 0 Å². The first kappa shape index (κ1) is 81.1. The van der Waals surface area contributed by atoms with Crippen molar-refractivity contribution in [3.63, 3.8) is 0 Å². The van der Waals surface area contributed by atoms with Crippen molar-refractivity contribution in [3.8, 4) is 35.3 Å². The third kappa shape index (κ3) is 74.6. The molecule has 0 aromatic rings. The summed E-state index contributed by atoms with van der Waals surface area (Å²) in [7, 11) is -5.02. The first-order valence-electron chi connectivity index (χ1n) is 19.6. The largest absolute Gasteiger partial charge is 1.00 e. The van der Waals surface area contributed by atoms with E-state index in [0.29, 0.717) is 32.8 Å². The molecule has 0 bridgehead atoms. The Hall–Kier alpha value is 1.91. The van der Waals surface area contributed by atoms with E-state index in [1.54, 1.807) is 20.8 Å². The molecule has 18 heteroatoms. The molecule has 8 nitrogen and oxygen atoms in total. The van der Waals surface area contributed by atoms with Crippen LogP contribution < -0.4 is 108 Å². The van der Waals surface area contributed by atoms with Crippen LogP contribution in [0.5, 0.6) is 0 Å². The van der Waals surface area contributed by atoms with E-state index in [4.69, 9.17) is 49.4 Å². The van der Waals surface area contributed by atoms with Crippen LogP contribution in [-0.4, -0.2) is 94.7 Å². The molecule has 1 aliphatic rings. The Morgan fingerprint density at radius 2 is 1.08 bits per heavy atom. The number of terminal acetylenes is 1. The van der Waals surface area contributed by atoms with Gasteiger partial charge in [0.15, 0.2) is 16.6 Å². The number of halogens is 3. The van der Waals surface area contributed by atoms with Crippen molar-refractivity contribution < 1.29 is 156 Å².